The summed E-state index contributed by atoms with van der Waals surface area (Å²) >= 11 is 0. The number of nitrogens with one attached hydrogen (secondary N) is 1. The molecule has 1 aliphatic rings. The van der Waals surface area contributed by atoms with Crippen molar-refractivity contribution in [1.29, 1.82) is 5.26 Å². The third-order valence-corrected chi connectivity index (χ3v) is 3.02. The van der Waals surface area contributed by atoms with Gasteiger partial charge in [-0.3, -0.25) is 5.32 Å². The molecule has 1 unspecified atom stereocenters. The predicted molar refractivity (Wildman–Crippen MR) is 54.2 cm³/mol. The van der Waals surface area contributed by atoms with Crippen molar-refractivity contribution in [3.63, 3.8) is 0 Å². The van der Waals surface area contributed by atoms with Gasteiger partial charge in [0.15, 0.2) is 0 Å². The molecule has 1 fully saturated rings. The summed E-state index contributed by atoms with van der Waals surface area (Å²) in [5, 5.41) is 12.2. The quantitative estimate of drug-likeness (QED) is 0.724. The van der Waals surface area contributed by atoms with Crippen molar-refractivity contribution in [1.82, 2.24) is 5.32 Å². The first-order valence-corrected chi connectivity index (χ1v) is 5.42. The Morgan fingerprint density at radius 2 is 2.00 bits per heavy atom. The second-order valence-corrected chi connectivity index (χ2v) is 4.21. The molecule has 0 aromatic carbocycles. The van der Waals surface area contributed by atoms with Crippen molar-refractivity contribution in [2.24, 2.45) is 5.92 Å². The maximum atomic E-state index is 8.80. The average Bonchev–Trinajstić information content (AvgIpc) is 2.17. The molecule has 0 heterocycles. The van der Waals surface area contributed by atoms with E-state index in [1.165, 1.54) is 25.7 Å². The van der Waals surface area contributed by atoms with E-state index in [1.807, 2.05) is 0 Å². The number of nitriles is 1. The van der Waals surface area contributed by atoms with Gasteiger partial charge in [-0.1, -0.05) is 13.8 Å². The van der Waals surface area contributed by atoms with Gasteiger partial charge in [-0.15, -0.1) is 0 Å². The highest BCUT2D eigenvalue weighted by Gasteiger charge is 2.19. The summed E-state index contributed by atoms with van der Waals surface area (Å²) in [4.78, 5) is 0. The predicted octanol–water partition coefficient (Wildman–Crippen LogP) is 2.46. The second-order valence-electron chi connectivity index (χ2n) is 4.21. The Morgan fingerprint density at radius 1 is 1.38 bits per heavy atom. The average molecular weight is 180 g/mol. The second kappa shape index (κ2) is 5.24. The molecule has 1 atom stereocenters. The van der Waals surface area contributed by atoms with Gasteiger partial charge in [0.25, 0.3) is 0 Å². The van der Waals surface area contributed by atoms with Gasteiger partial charge in [-0.2, -0.15) is 5.26 Å². The Balaban J connectivity index is 2.26. The summed E-state index contributed by atoms with van der Waals surface area (Å²) in [5.74, 6) is 0.889. The molecule has 1 saturated carbocycles. The van der Waals surface area contributed by atoms with E-state index >= 15 is 0 Å². The van der Waals surface area contributed by atoms with E-state index in [0.29, 0.717) is 6.04 Å². The lowest BCUT2D eigenvalue weighted by Gasteiger charge is -2.28. The van der Waals surface area contributed by atoms with Gasteiger partial charge < -0.3 is 0 Å². The lowest BCUT2D eigenvalue weighted by molar-refractivity contribution is 0.297. The Hall–Kier alpha value is -0.550. The van der Waals surface area contributed by atoms with Gasteiger partial charge in [-0.25, -0.2) is 0 Å². The van der Waals surface area contributed by atoms with Crippen molar-refractivity contribution in [3.8, 4) is 6.07 Å². The maximum Gasteiger partial charge on any atom is 0.0952 e. The highest BCUT2D eigenvalue weighted by atomic mass is 14.9. The molecule has 1 N–H and O–H groups in total. The monoisotopic (exact) mass is 180 g/mol. The van der Waals surface area contributed by atoms with Crippen LogP contribution in [0.15, 0.2) is 0 Å². The van der Waals surface area contributed by atoms with Crippen LogP contribution >= 0.6 is 0 Å². The fourth-order valence-corrected chi connectivity index (χ4v) is 1.96. The zero-order valence-electron chi connectivity index (χ0n) is 8.71. The van der Waals surface area contributed by atoms with Crippen LogP contribution in [0, 0.1) is 17.2 Å². The molecule has 0 aromatic heterocycles. The molecule has 1 rings (SSSR count). The van der Waals surface area contributed by atoms with Crippen molar-refractivity contribution >= 4 is 0 Å². The van der Waals surface area contributed by atoms with E-state index in [9.17, 15) is 0 Å². The fraction of sp³-hybridized carbons (Fsp3) is 0.909. The number of rotatable bonds is 3. The van der Waals surface area contributed by atoms with E-state index in [2.05, 4.69) is 25.2 Å². The van der Waals surface area contributed by atoms with Gasteiger partial charge in [0.1, 0.15) is 0 Å². The van der Waals surface area contributed by atoms with E-state index in [4.69, 9.17) is 5.26 Å². The van der Waals surface area contributed by atoms with Crippen LogP contribution in [0.2, 0.25) is 0 Å². The molecule has 2 nitrogen and oxygen atoms in total. The Labute approximate surface area is 81.3 Å². The van der Waals surface area contributed by atoms with Gasteiger partial charge in [0.05, 0.1) is 12.1 Å². The fourth-order valence-electron chi connectivity index (χ4n) is 1.96. The van der Waals surface area contributed by atoms with Crippen LogP contribution < -0.4 is 5.32 Å². The summed E-state index contributed by atoms with van der Waals surface area (Å²) in [5.41, 5.74) is 0. The van der Waals surface area contributed by atoms with Gasteiger partial charge in [-0.05, 0) is 38.0 Å². The molecule has 2 heteroatoms. The Kier molecular flexibility index (Phi) is 4.24. The van der Waals surface area contributed by atoms with Crippen LogP contribution in [0.5, 0.6) is 0 Å². The summed E-state index contributed by atoms with van der Waals surface area (Å²) in [6.07, 6.45) is 6.06. The molecule has 74 valence electrons. The Bertz CT molecular complexity index is 175. The van der Waals surface area contributed by atoms with E-state index in [-0.39, 0.29) is 6.04 Å². The molecular formula is C11H20N2. The van der Waals surface area contributed by atoms with Crippen LogP contribution in [0.25, 0.3) is 0 Å². The third kappa shape index (κ3) is 3.36. The van der Waals surface area contributed by atoms with Gasteiger partial charge in [0.2, 0.25) is 0 Å². The first-order chi connectivity index (χ1) is 6.26. The molecule has 0 aromatic rings. The largest absolute Gasteiger partial charge is 0.299 e. The van der Waals surface area contributed by atoms with Crippen molar-refractivity contribution < 1.29 is 0 Å². The summed E-state index contributed by atoms with van der Waals surface area (Å²) in [7, 11) is 0. The highest BCUT2D eigenvalue weighted by molar-refractivity contribution is 4.91. The topological polar surface area (TPSA) is 35.8 Å². The van der Waals surface area contributed by atoms with Crippen LogP contribution in [-0.2, 0) is 0 Å². The first kappa shape index (κ1) is 10.5. The lowest BCUT2D eigenvalue weighted by Crippen LogP contribution is -2.39. The number of hydrogen-bond acceptors (Lipinski definition) is 2. The zero-order valence-corrected chi connectivity index (χ0v) is 8.71. The zero-order chi connectivity index (χ0) is 9.68. The summed E-state index contributed by atoms with van der Waals surface area (Å²) in [6, 6.07) is 2.97. The van der Waals surface area contributed by atoms with Crippen LogP contribution in [0.4, 0.5) is 0 Å². The van der Waals surface area contributed by atoms with Crippen LogP contribution in [-0.4, -0.2) is 12.1 Å². The molecule has 1 aliphatic carbocycles. The molecule has 0 spiro atoms. The van der Waals surface area contributed by atoms with Crippen molar-refractivity contribution in [3.05, 3.63) is 0 Å². The number of nitrogens with zero attached hydrogens (tertiary/aromatic N) is 1. The lowest BCUT2D eigenvalue weighted by atomic mass is 9.87. The third-order valence-electron chi connectivity index (χ3n) is 3.02. The van der Waals surface area contributed by atoms with Crippen molar-refractivity contribution in [2.75, 3.05) is 0 Å². The maximum absolute atomic E-state index is 8.80. The Morgan fingerprint density at radius 3 is 2.46 bits per heavy atom. The first-order valence-electron chi connectivity index (χ1n) is 5.42. The smallest absolute Gasteiger partial charge is 0.0952 e. The minimum atomic E-state index is 0.0680. The van der Waals surface area contributed by atoms with E-state index in [1.54, 1.807) is 0 Å². The van der Waals surface area contributed by atoms with Crippen LogP contribution in [0.3, 0.4) is 0 Å². The highest BCUT2D eigenvalue weighted by Crippen LogP contribution is 2.23. The minimum absolute atomic E-state index is 0.0680. The summed E-state index contributed by atoms with van der Waals surface area (Å²) in [6.45, 7) is 4.38. The van der Waals surface area contributed by atoms with Crippen LogP contribution in [0.1, 0.15) is 46.0 Å². The number of hydrogen-bond donors (Lipinski definition) is 1. The van der Waals surface area contributed by atoms with Gasteiger partial charge in [0, 0.05) is 6.04 Å². The molecule has 0 radical (unpaired) electrons. The molecular weight excluding hydrogens is 160 g/mol. The molecule has 0 aliphatic heterocycles. The summed E-state index contributed by atoms with van der Waals surface area (Å²) < 4.78 is 0. The molecule has 0 bridgehead atoms. The van der Waals surface area contributed by atoms with E-state index in [0.717, 1.165) is 12.3 Å². The van der Waals surface area contributed by atoms with Crippen molar-refractivity contribution in [2.45, 2.75) is 58.0 Å². The normalized spacial score (nSPS) is 30.8. The van der Waals surface area contributed by atoms with E-state index < -0.39 is 0 Å². The van der Waals surface area contributed by atoms with Gasteiger partial charge >= 0.3 is 0 Å². The minimum Gasteiger partial charge on any atom is -0.299 e. The SMILES string of the molecule is CCC(C#N)NC1CCC(C)CC1. The molecule has 0 amide bonds. The molecule has 0 saturated heterocycles. The molecule has 13 heavy (non-hydrogen) atoms. The standard InChI is InChI=1S/C11H20N2/c1-3-10(8-12)13-11-6-4-9(2)5-7-11/h9-11,13H,3-7H2,1-2H3.